The first-order valence-corrected chi connectivity index (χ1v) is 7.36. The molecule has 1 aromatic rings. The molecule has 1 aromatic carbocycles. The van der Waals surface area contributed by atoms with Crippen molar-refractivity contribution in [3.8, 4) is 0 Å². The van der Waals surface area contributed by atoms with E-state index < -0.39 is 0 Å². The van der Waals surface area contributed by atoms with Gasteiger partial charge in [-0.2, -0.15) is 0 Å². The molecule has 0 N–H and O–H groups in total. The predicted octanol–water partition coefficient (Wildman–Crippen LogP) is 2.21. The highest BCUT2D eigenvalue weighted by Crippen LogP contribution is 2.36. The first-order chi connectivity index (χ1) is 9.66. The van der Waals surface area contributed by atoms with Gasteiger partial charge in [0.2, 0.25) is 0 Å². The summed E-state index contributed by atoms with van der Waals surface area (Å²) in [5, 5.41) is 0. The second kappa shape index (κ2) is 5.44. The minimum atomic E-state index is -0.0411. The molecule has 0 radical (unpaired) electrons. The van der Waals surface area contributed by atoms with Gasteiger partial charge in [-0.05, 0) is 37.1 Å². The first kappa shape index (κ1) is 13.4. The molecule has 108 valence electrons. The van der Waals surface area contributed by atoms with Crippen LogP contribution in [0.3, 0.4) is 0 Å². The summed E-state index contributed by atoms with van der Waals surface area (Å²) in [5.74, 6) is -0.0411. The lowest BCUT2D eigenvalue weighted by Gasteiger charge is -2.28. The number of cyclic esters (lactones) is 1. The van der Waals surface area contributed by atoms with Gasteiger partial charge in [0.15, 0.2) is 0 Å². The molecule has 0 saturated carbocycles. The van der Waals surface area contributed by atoms with Crippen molar-refractivity contribution < 1.29 is 9.53 Å². The summed E-state index contributed by atoms with van der Waals surface area (Å²) in [5.41, 5.74) is 2.52. The summed E-state index contributed by atoms with van der Waals surface area (Å²) >= 11 is 0. The molecule has 2 atom stereocenters. The van der Waals surface area contributed by atoms with E-state index in [0.717, 1.165) is 25.8 Å². The monoisotopic (exact) mass is 274 g/mol. The van der Waals surface area contributed by atoms with Gasteiger partial charge >= 0.3 is 5.97 Å². The molecule has 0 unspecified atom stereocenters. The Hall–Kier alpha value is -1.55. The fourth-order valence-electron chi connectivity index (χ4n) is 3.32. The molecule has 0 amide bonds. The molecular weight excluding hydrogens is 252 g/mol. The van der Waals surface area contributed by atoms with E-state index >= 15 is 0 Å². The standard InChI is InChI=1S/C16H22N2O2/c1-17(2)13-6-3-5-12(11-13)14-7-4-9-18(14)15-8-10-20-16(15)19/h3,5-6,11,14-15H,4,7-10H2,1-2H3/t14-,15-/m0/s1. The fraction of sp³-hybridized carbons (Fsp3) is 0.562. The van der Waals surface area contributed by atoms with Crippen LogP contribution < -0.4 is 4.90 Å². The lowest BCUT2D eigenvalue weighted by atomic mass is 10.0. The molecule has 4 heteroatoms. The van der Waals surface area contributed by atoms with E-state index in [1.54, 1.807) is 0 Å². The number of likely N-dealkylation sites (tertiary alicyclic amines) is 1. The molecule has 0 spiro atoms. The molecular formula is C16H22N2O2. The number of rotatable bonds is 3. The van der Waals surface area contributed by atoms with E-state index in [-0.39, 0.29) is 12.0 Å². The zero-order valence-electron chi connectivity index (χ0n) is 12.2. The van der Waals surface area contributed by atoms with Gasteiger partial charge in [-0.3, -0.25) is 9.69 Å². The van der Waals surface area contributed by atoms with Crippen LogP contribution in [0, 0.1) is 0 Å². The van der Waals surface area contributed by atoms with E-state index in [1.807, 2.05) is 0 Å². The highest BCUT2D eigenvalue weighted by molar-refractivity contribution is 5.77. The highest BCUT2D eigenvalue weighted by Gasteiger charge is 2.39. The van der Waals surface area contributed by atoms with Crippen LogP contribution >= 0.6 is 0 Å². The fourth-order valence-corrected chi connectivity index (χ4v) is 3.32. The highest BCUT2D eigenvalue weighted by atomic mass is 16.5. The largest absolute Gasteiger partial charge is 0.464 e. The molecule has 3 rings (SSSR count). The molecule has 20 heavy (non-hydrogen) atoms. The van der Waals surface area contributed by atoms with Crippen LogP contribution in [0.15, 0.2) is 24.3 Å². The van der Waals surface area contributed by atoms with Crippen LogP contribution in [0.2, 0.25) is 0 Å². The van der Waals surface area contributed by atoms with Gasteiger partial charge in [0.25, 0.3) is 0 Å². The average Bonchev–Trinajstić information content (AvgIpc) is 3.06. The number of ether oxygens (including phenoxy) is 1. The maximum absolute atomic E-state index is 11.8. The Balaban J connectivity index is 1.84. The lowest BCUT2D eigenvalue weighted by molar-refractivity contribution is -0.142. The second-order valence-corrected chi connectivity index (χ2v) is 5.86. The number of carbonyl (C=O) groups excluding carboxylic acids is 1. The van der Waals surface area contributed by atoms with Crippen LogP contribution in [0.4, 0.5) is 5.69 Å². The smallest absolute Gasteiger partial charge is 0.323 e. The summed E-state index contributed by atoms with van der Waals surface area (Å²) in [6.07, 6.45) is 3.12. The van der Waals surface area contributed by atoms with Crippen molar-refractivity contribution in [3.05, 3.63) is 29.8 Å². The lowest BCUT2D eigenvalue weighted by Crippen LogP contribution is -2.38. The van der Waals surface area contributed by atoms with E-state index in [0.29, 0.717) is 12.6 Å². The van der Waals surface area contributed by atoms with Crippen molar-refractivity contribution in [1.29, 1.82) is 0 Å². The average molecular weight is 274 g/mol. The Kier molecular flexibility index (Phi) is 3.66. The summed E-state index contributed by atoms with van der Waals surface area (Å²) in [6, 6.07) is 8.95. The number of hydrogen-bond acceptors (Lipinski definition) is 4. The van der Waals surface area contributed by atoms with Crippen molar-refractivity contribution in [2.45, 2.75) is 31.3 Å². The molecule has 4 nitrogen and oxygen atoms in total. The van der Waals surface area contributed by atoms with Crippen molar-refractivity contribution in [3.63, 3.8) is 0 Å². The van der Waals surface area contributed by atoms with Crippen LogP contribution in [0.25, 0.3) is 0 Å². The van der Waals surface area contributed by atoms with Crippen molar-refractivity contribution in [2.24, 2.45) is 0 Å². The zero-order valence-corrected chi connectivity index (χ0v) is 12.2. The van der Waals surface area contributed by atoms with Gasteiger partial charge in [0, 0.05) is 32.2 Å². The third-order valence-electron chi connectivity index (χ3n) is 4.37. The van der Waals surface area contributed by atoms with E-state index in [1.165, 1.54) is 11.3 Å². The topological polar surface area (TPSA) is 32.8 Å². The zero-order chi connectivity index (χ0) is 14.1. The Morgan fingerprint density at radius 2 is 2.10 bits per heavy atom. The number of nitrogens with zero attached hydrogens (tertiary/aromatic N) is 2. The van der Waals surface area contributed by atoms with Gasteiger partial charge < -0.3 is 9.64 Å². The molecule has 2 saturated heterocycles. The SMILES string of the molecule is CN(C)c1cccc([C@@H]2CCCN2[C@H]2CCOC2=O)c1. The molecule has 0 aliphatic carbocycles. The number of benzene rings is 1. The number of anilines is 1. The summed E-state index contributed by atoms with van der Waals surface area (Å²) in [7, 11) is 4.11. The maximum Gasteiger partial charge on any atom is 0.323 e. The van der Waals surface area contributed by atoms with Crippen LogP contribution in [-0.4, -0.2) is 44.2 Å². The van der Waals surface area contributed by atoms with Gasteiger partial charge in [0.1, 0.15) is 6.04 Å². The van der Waals surface area contributed by atoms with E-state index in [4.69, 9.17) is 4.74 Å². The van der Waals surface area contributed by atoms with Crippen molar-refractivity contribution >= 4 is 11.7 Å². The summed E-state index contributed by atoms with van der Waals surface area (Å²) < 4.78 is 5.14. The molecule has 2 fully saturated rings. The normalized spacial score (nSPS) is 26.8. The van der Waals surface area contributed by atoms with Gasteiger partial charge in [-0.25, -0.2) is 0 Å². The van der Waals surface area contributed by atoms with Gasteiger partial charge in [-0.15, -0.1) is 0 Å². The minimum absolute atomic E-state index is 0.0366. The Bertz CT molecular complexity index is 501. The van der Waals surface area contributed by atoms with Crippen LogP contribution in [0.1, 0.15) is 30.9 Å². The minimum Gasteiger partial charge on any atom is -0.464 e. The van der Waals surface area contributed by atoms with Crippen molar-refractivity contribution in [2.75, 3.05) is 32.1 Å². The van der Waals surface area contributed by atoms with Gasteiger partial charge in [0.05, 0.1) is 6.61 Å². The first-order valence-electron chi connectivity index (χ1n) is 7.36. The molecule has 0 aromatic heterocycles. The Morgan fingerprint density at radius 3 is 2.80 bits per heavy atom. The van der Waals surface area contributed by atoms with E-state index in [2.05, 4.69) is 48.2 Å². The predicted molar refractivity (Wildman–Crippen MR) is 78.8 cm³/mol. The maximum atomic E-state index is 11.8. The summed E-state index contributed by atoms with van der Waals surface area (Å²) in [4.78, 5) is 16.3. The third kappa shape index (κ3) is 2.40. The number of hydrogen-bond donors (Lipinski definition) is 0. The molecule has 2 aliphatic heterocycles. The van der Waals surface area contributed by atoms with Crippen LogP contribution in [-0.2, 0) is 9.53 Å². The van der Waals surface area contributed by atoms with E-state index in [9.17, 15) is 4.79 Å². The quantitative estimate of drug-likeness (QED) is 0.791. The molecule has 2 heterocycles. The number of carbonyl (C=O) groups is 1. The van der Waals surface area contributed by atoms with Crippen molar-refractivity contribution in [1.82, 2.24) is 4.90 Å². The third-order valence-corrected chi connectivity index (χ3v) is 4.37. The van der Waals surface area contributed by atoms with Crippen LogP contribution in [0.5, 0.6) is 0 Å². The molecule has 0 bridgehead atoms. The van der Waals surface area contributed by atoms with Gasteiger partial charge in [-0.1, -0.05) is 12.1 Å². The molecule has 2 aliphatic rings. The Labute approximate surface area is 120 Å². The number of esters is 1. The summed E-state index contributed by atoms with van der Waals surface area (Å²) in [6.45, 7) is 1.57. The Morgan fingerprint density at radius 1 is 1.25 bits per heavy atom. The second-order valence-electron chi connectivity index (χ2n) is 5.86.